The maximum atomic E-state index is 12.8. The molecular weight excluding hydrogens is 316 g/mol. The van der Waals surface area contributed by atoms with Crippen LogP contribution >= 0.6 is 0 Å². The number of carboxylic acid groups (broad SMARTS) is 1. The fraction of sp³-hybridized carbons (Fsp3) is 0.0500. The topological polar surface area (TPSA) is 71.7 Å². The Labute approximate surface area is 144 Å². The first-order valence-corrected chi connectivity index (χ1v) is 7.75. The van der Waals surface area contributed by atoms with E-state index >= 15 is 0 Å². The Hall–Kier alpha value is -3.47. The average molecular weight is 332 g/mol. The summed E-state index contributed by atoms with van der Waals surface area (Å²) in [4.78, 5) is 28.4. The summed E-state index contributed by atoms with van der Waals surface area (Å²) >= 11 is 0. The average Bonchev–Trinajstić information content (AvgIpc) is 2.63. The Morgan fingerprint density at radius 1 is 1.08 bits per heavy atom. The van der Waals surface area contributed by atoms with Gasteiger partial charge in [-0.15, -0.1) is 0 Å². The lowest BCUT2D eigenvalue weighted by atomic mass is 10.1. The monoisotopic (exact) mass is 332 g/mol. The summed E-state index contributed by atoms with van der Waals surface area (Å²) in [5.74, 6) is -1.09. The van der Waals surface area contributed by atoms with Crippen molar-refractivity contribution in [2.24, 2.45) is 0 Å². The van der Waals surface area contributed by atoms with Gasteiger partial charge in [-0.05, 0) is 30.7 Å². The number of hydrogen-bond acceptors (Lipinski definition) is 3. The number of pyridine rings is 1. The van der Waals surface area contributed by atoms with Gasteiger partial charge in [0.25, 0.3) is 5.56 Å². The van der Waals surface area contributed by atoms with Crippen molar-refractivity contribution in [3.05, 3.63) is 87.5 Å². The van der Waals surface area contributed by atoms with E-state index in [0.29, 0.717) is 16.9 Å². The number of nitrogens with zero attached hydrogens (tertiary/aromatic N) is 2. The SMILES string of the molecule is C/C=C/c1c(/C=C/c2ccccc2)nc2ccc(C(=O)O)cn2c1=O. The second-order valence-electron chi connectivity index (χ2n) is 5.41. The van der Waals surface area contributed by atoms with Crippen LogP contribution in [-0.2, 0) is 0 Å². The molecule has 0 aliphatic carbocycles. The van der Waals surface area contributed by atoms with Crippen LogP contribution in [0.5, 0.6) is 0 Å². The van der Waals surface area contributed by atoms with Crippen LogP contribution in [-0.4, -0.2) is 20.5 Å². The molecule has 124 valence electrons. The summed E-state index contributed by atoms with van der Waals surface area (Å²) in [5.41, 5.74) is 2.08. The van der Waals surface area contributed by atoms with Gasteiger partial charge in [-0.3, -0.25) is 9.20 Å². The number of allylic oxidation sites excluding steroid dienone is 1. The molecule has 0 amide bonds. The van der Waals surface area contributed by atoms with Gasteiger partial charge in [-0.2, -0.15) is 0 Å². The standard InChI is InChI=1S/C20H16N2O3/c1-2-6-16-17(11-9-14-7-4-3-5-8-14)21-18-12-10-15(20(24)25)13-22(18)19(16)23/h2-13H,1H3,(H,24,25)/b6-2+,11-9+. The van der Waals surface area contributed by atoms with Crippen LogP contribution in [0, 0.1) is 0 Å². The van der Waals surface area contributed by atoms with E-state index in [0.717, 1.165) is 5.56 Å². The molecule has 5 nitrogen and oxygen atoms in total. The molecule has 1 N–H and O–H groups in total. The van der Waals surface area contributed by atoms with Crippen molar-refractivity contribution in [3.63, 3.8) is 0 Å². The molecule has 5 heteroatoms. The van der Waals surface area contributed by atoms with Crippen molar-refractivity contribution in [3.8, 4) is 0 Å². The summed E-state index contributed by atoms with van der Waals surface area (Å²) in [6, 6.07) is 12.7. The minimum absolute atomic E-state index is 0.0374. The van der Waals surface area contributed by atoms with Crippen molar-refractivity contribution in [2.45, 2.75) is 6.92 Å². The molecule has 0 bridgehead atoms. The number of benzene rings is 1. The van der Waals surface area contributed by atoms with Gasteiger partial charge in [-0.25, -0.2) is 9.78 Å². The van der Waals surface area contributed by atoms with Gasteiger partial charge >= 0.3 is 5.97 Å². The molecule has 0 spiro atoms. The third-order valence-electron chi connectivity index (χ3n) is 3.70. The molecule has 0 saturated carbocycles. The molecule has 0 atom stereocenters. The summed E-state index contributed by atoms with van der Waals surface area (Å²) in [5, 5.41) is 9.11. The lowest BCUT2D eigenvalue weighted by Gasteiger charge is -2.06. The van der Waals surface area contributed by atoms with Gasteiger partial charge in [0.2, 0.25) is 0 Å². The molecule has 2 aromatic heterocycles. The molecule has 25 heavy (non-hydrogen) atoms. The smallest absolute Gasteiger partial charge is 0.337 e. The summed E-state index contributed by atoms with van der Waals surface area (Å²) in [7, 11) is 0. The van der Waals surface area contributed by atoms with Crippen LogP contribution in [0.25, 0.3) is 23.9 Å². The fourth-order valence-electron chi connectivity index (χ4n) is 2.49. The highest BCUT2D eigenvalue weighted by atomic mass is 16.4. The Morgan fingerprint density at radius 2 is 1.84 bits per heavy atom. The Bertz CT molecular complexity index is 1050. The Kier molecular flexibility index (Phi) is 4.57. The zero-order valence-electron chi connectivity index (χ0n) is 13.6. The van der Waals surface area contributed by atoms with Crippen molar-refractivity contribution in [2.75, 3.05) is 0 Å². The quantitative estimate of drug-likeness (QED) is 0.792. The van der Waals surface area contributed by atoms with Gasteiger partial charge in [0.15, 0.2) is 0 Å². The first-order valence-electron chi connectivity index (χ1n) is 7.75. The van der Waals surface area contributed by atoms with E-state index in [1.54, 1.807) is 18.2 Å². The molecule has 0 aliphatic rings. The van der Waals surface area contributed by atoms with Crippen LogP contribution in [0.4, 0.5) is 0 Å². The van der Waals surface area contributed by atoms with E-state index in [-0.39, 0.29) is 11.1 Å². The van der Waals surface area contributed by atoms with E-state index in [4.69, 9.17) is 5.11 Å². The largest absolute Gasteiger partial charge is 0.478 e. The second kappa shape index (κ2) is 6.97. The summed E-state index contributed by atoms with van der Waals surface area (Å²) in [6.45, 7) is 1.81. The van der Waals surface area contributed by atoms with E-state index < -0.39 is 5.97 Å². The molecule has 0 aliphatic heterocycles. The molecule has 1 aromatic carbocycles. The van der Waals surface area contributed by atoms with E-state index in [1.165, 1.54) is 22.7 Å². The predicted molar refractivity (Wildman–Crippen MR) is 98.5 cm³/mol. The number of hydrogen-bond donors (Lipinski definition) is 1. The minimum atomic E-state index is -1.09. The normalized spacial score (nSPS) is 11.6. The summed E-state index contributed by atoms with van der Waals surface area (Å²) in [6.07, 6.45) is 8.41. The van der Waals surface area contributed by atoms with Gasteiger partial charge in [0.05, 0.1) is 16.8 Å². The molecular formula is C20H16N2O3. The van der Waals surface area contributed by atoms with Crippen molar-refractivity contribution in [1.29, 1.82) is 0 Å². The Morgan fingerprint density at radius 3 is 2.52 bits per heavy atom. The van der Waals surface area contributed by atoms with Gasteiger partial charge in [-0.1, -0.05) is 48.6 Å². The molecule has 3 aromatic rings. The number of aromatic carboxylic acids is 1. The minimum Gasteiger partial charge on any atom is -0.478 e. The zero-order valence-corrected chi connectivity index (χ0v) is 13.6. The van der Waals surface area contributed by atoms with Crippen LogP contribution < -0.4 is 5.56 Å². The number of fused-ring (bicyclic) bond motifs is 1. The van der Waals surface area contributed by atoms with Crippen LogP contribution in [0.3, 0.4) is 0 Å². The molecule has 0 radical (unpaired) electrons. The number of rotatable bonds is 4. The Balaban J connectivity index is 2.19. The fourth-order valence-corrected chi connectivity index (χ4v) is 2.49. The summed E-state index contributed by atoms with van der Waals surface area (Å²) < 4.78 is 1.26. The molecule has 2 heterocycles. The van der Waals surface area contributed by atoms with Crippen molar-refractivity contribution < 1.29 is 9.90 Å². The lowest BCUT2D eigenvalue weighted by Crippen LogP contribution is -2.20. The second-order valence-corrected chi connectivity index (χ2v) is 5.41. The molecule has 0 fully saturated rings. The highest BCUT2D eigenvalue weighted by Crippen LogP contribution is 2.13. The van der Waals surface area contributed by atoms with E-state index in [2.05, 4.69) is 4.98 Å². The van der Waals surface area contributed by atoms with Crippen molar-refractivity contribution in [1.82, 2.24) is 9.38 Å². The first kappa shape index (κ1) is 16.4. The third-order valence-corrected chi connectivity index (χ3v) is 3.70. The molecule has 0 saturated heterocycles. The van der Waals surface area contributed by atoms with E-state index in [1.807, 2.05) is 43.3 Å². The van der Waals surface area contributed by atoms with Crippen LogP contribution in [0.15, 0.2) is 59.5 Å². The first-order chi connectivity index (χ1) is 12.1. The lowest BCUT2D eigenvalue weighted by molar-refractivity contribution is 0.0696. The van der Waals surface area contributed by atoms with Gasteiger partial charge in [0, 0.05) is 6.20 Å². The highest BCUT2D eigenvalue weighted by Gasteiger charge is 2.11. The van der Waals surface area contributed by atoms with Gasteiger partial charge in [0.1, 0.15) is 5.65 Å². The molecule has 3 rings (SSSR count). The number of carboxylic acids is 1. The van der Waals surface area contributed by atoms with Crippen LogP contribution in [0.2, 0.25) is 0 Å². The highest BCUT2D eigenvalue weighted by molar-refractivity contribution is 5.87. The maximum Gasteiger partial charge on any atom is 0.337 e. The third kappa shape index (κ3) is 3.40. The van der Waals surface area contributed by atoms with E-state index in [9.17, 15) is 9.59 Å². The van der Waals surface area contributed by atoms with Gasteiger partial charge < -0.3 is 5.11 Å². The predicted octanol–water partition coefficient (Wildman–Crippen LogP) is 3.60. The van der Waals surface area contributed by atoms with Crippen molar-refractivity contribution >= 4 is 29.8 Å². The molecule has 0 unspecified atom stereocenters. The zero-order chi connectivity index (χ0) is 17.8. The van der Waals surface area contributed by atoms with Crippen LogP contribution in [0.1, 0.15) is 34.1 Å². The number of carbonyl (C=O) groups is 1. The maximum absolute atomic E-state index is 12.8. The number of aromatic nitrogens is 2.